The van der Waals surface area contributed by atoms with Gasteiger partial charge >= 0.3 is 0 Å². The molecule has 0 atom stereocenters. The van der Waals surface area contributed by atoms with Crippen molar-refractivity contribution in [1.82, 2.24) is 9.71 Å². The Morgan fingerprint density at radius 1 is 0.882 bits per heavy atom. The first-order chi connectivity index (χ1) is 16.3. The second kappa shape index (κ2) is 10.3. The van der Waals surface area contributed by atoms with Crippen LogP contribution in [0.2, 0.25) is 0 Å². The molecule has 0 unspecified atom stereocenters. The maximum absolute atomic E-state index is 13.4. The number of pyridine rings is 1. The van der Waals surface area contributed by atoms with Crippen LogP contribution in [0.15, 0.2) is 81.5 Å². The monoisotopic (exact) mass is 502 g/mol. The molecule has 0 aliphatic heterocycles. The van der Waals surface area contributed by atoms with Crippen LogP contribution in [0.1, 0.15) is 49.3 Å². The van der Waals surface area contributed by atoms with Crippen molar-refractivity contribution >= 4 is 19.9 Å². The lowest BCUT2D eigenvalue weighted by Crippen LogP contribution is -2.28. The van der Waals surface area contributed by atoms with Crippen LogP contribution in [0.3, 0.4) is 0 Å². The van der Waals surface area contributed by atoms with E-state index in [-0.39, 0.29) is 27.1 Å². The van der Waals surface area contributed by atoms with Crippen LogP contribution < -0.4 is 4.72 Å². The van der Waals surface area contributed by atoms with Crippen LogP contribution in [-0.2, 0) is 26.3 Å². The van der Waals surface area contributed by atoms with Gasteiger partial charge in [-0.15, -0.1) is 0 Å². The zero-order valence-electron chi connectivity index (χ0n) is 18.7. The number of benzene rings is 2. The fourth-order valence-corrected chi connectivity index (χ4v) is 7.07. The topological polar surface area (TPSA) is 93.2 Å². The standard InChI is InChI=1S/C25H27FN2O4S2/c26-20-9-11-22(12-10-20)33(29,30)23-13-14-24(19-6-2-1-3-7-19)25(18-23)34(31,32)28-17-15-21-8-4-5-16-27-21/h4-5,8-14,16,18-19,28H,1-3,6-7,15,17H2. The quantitative estimate of drug-likeness (QED) is 0.454. The van der Waals surface area contributed by atoms with Gasteiger partial charge in [0, 0.05) is 24.9 Å². The molecule has 0 amide bonds. The molecule has 4 rings (SSSR count). The molecule has 9 heteroatoms. The molecule has 0 spiro atoms. The highest BCUT2D eigenvalue weighted by Gasteiger charge is 2.28. The predicted molar refractivity (Wildman–Crippen MR) is 127 cm³/mol. The summed E-state index contributed by atoms with van der Waals surface area (Å²) in [7, 11) is -8.00. The average Bonchev–Trinajstić information content (AvgIpc) is 2.85. The van der Waals surface area contributed by atoms with Crippen LogP contribution in [0.4, 0.5) is 4.39 Å². The van der Waals surface area contributed by atoms with Crippen molar-refractivity contribution in [3.8, 4) is 0 Å². The second-order valence-electron chi connectivity index (χ2n) is 8.46. The Morgan fingerprint density at radius 3 is 2.26 bits per heavy atom. The molecule has 1 fully saturated rings. The van der Waals surface area contributed by atoms with Gasteiger partial charge in [-0.25, -0.2) is 25.9 Å². The average molecular weight is 503 g/mol. The summed E-state index contributed by atoms with van der Waals surface area (Å²) in [5.74, 6) is -0.495. The van der Waals surface area contributed by atoms with E-state index in [0.717, 1.165) is 49.9 Å². The van der Waals surface area contributed by atoms with Crippen molar-refractivity contribution in [1.29, 1.82) is 0 Å². The Labute approximate surface area is 200 Å². The van der Waals surface area contributed by atoms with Gasteiger partial charge in [0.2, 0.25) is 19.9 Å². The molecule has 1 saturated carbocycles. The zero-order valence-corrected chi connectivity index (χ0v) is 20.3. The van der Waals surface area contributed by atoms with Gasteiger partial charge in [0.1, 0.15) is 5.82 Å². The van der Waals surface area contributed by atoms with Gasteiger partial charge < -0.3 is 0 Å². The molecule has 3 aromatic rings. The SMILES string of the molecule is O=S(=O)(NCCc1ccccn1)c1cc(S(=O)(=O)c2ccc(F)cc2)ccc1C1CCCCC1. The number of rotatable bonds is 8. The number of nitrogens with zero attached hydrogens (tertiary/aromatic N) is 1. The van der Waals surface area contributed by atoms with E-state index in [1.165, 1.54) is 24.3 Å². The Balaban J connectivity index is 1.69. The van der Waals surface area contributed by atoms with Crippen LogP contribution in [0, 0.1) is 5.82 Å². The van der Waals surface area contributed by atoms with E-state index in [4.69, 9.17) is 0 Å². The van der Waals surface area contributed by atoms with Gasteiger partial charge in [0.05, 0.1) is 14.7 Å². The van der Waals surface area contributed by atoms with Crippen molar-refractivity contribution in [3.63, 3.8) is 0 Å². The van der Waals surface area contributed by atoms with E-state index < -0.39 is 25.7 Å². The van der Waals surface area contributed by atoms with Crippen molar-refractivity contribution in [2.75, 3.05) is 6.54 Å². The first-order valence-electron chi connectivity index (χ1n) is 11.3. The number of hydrogen-bond donors (Lipinski definition) is 1. The van der Waals surface area contributed by atoms with E-state index >= 15 is 0 Å². The molecule has 34 heavy (non-hydrogen) atoms. The highest BCUT2D eigenvalue weighted by Crippen LogP contribution is 2.37. The van der Waals surface area contributed by atoms with Gasteiger partial charge in [-0.1, -0.05) is 31.4 Å². The molecule has 6 nitrogen and oxygen atoms in total. The van der Waals surface area contributed by atoms with E-state index in [9.17, 15) is 21.2 Å². The number of sulfone groups is 1. The Morgan fingerprint density at radius 2 is 1.59 bits per heavy atom. The summed E-state index contributed by atoms with van der Waals surface area (Å²) in [5, 5.41) is 0. The second-order valence-corrected chi connectivity index (χ2v) is 12.1. The summed E-state index contributed by atoms with van der Waals surface area (Å²) in [6.45, 7) is 0.137. The number of nitrogens with one attached hydrogen (secondary N) is 1. The van der Waals surface area contributed by atoms with E-state index in [1.54, 1.807) is 18.3 Å². The Kier molecular flexibility index (Phi) is 7.45. The fraction of sp³-hybridized carbons (Fsp3) is 0.320. The van der Waals surface area contributed by atoms with Crippen LogP contribution in [0.5, 0.6) is 0 Å². The molecule has 0 bridgehead atoms. The molecule has 1 aromatic heterocycles. The van der Waals surface area contributed by atoms with Gasteiger partial charge in [0.25, 0.3) is 0 Å². The summed E-state index contributed by atoms with van der Waals surface area (Å²) in [6.07, 6.45) is 6.90. The molecule has 0 saturated heterocycles. The van der Waals surface area contributed by atoms with Gasteiger partial charge in [-0.3, -0.25) is 4.98 Å². The first kappa shape index (κ1) is 24.5. The van der Waals surface area contributed by atoms with Gasteiger partial charge in [-0.2, -0.15) is 0 Å². The minimum absolute atomic E-state index is 0.0105. The molecule has 1 heterocycles. The van der Waals surface area contributed by atoms with Crippen molar-refractivity contribution in [3.05, 3.63) is 83.9 Å². The lowest BCUT2D eigenvalue weighted by molar-refractivity contribution is 0.438. The molecule has 1 aliphatic rings. The highest BCUT2D eigenvalue weighted by molar-refractivity contribution is 7.91. The molecule has 2 aromatic carbocycles. The van der Waals surface area contributed by atoms with Crippen molar-refractivity contribution in [2.24, 2.45) is 0 Å². The largest absolute Gasteiger partial charge is 0.261 e. The maximum Gasteiger partial charge on any atom is 0.240 e. The van der Waals surface area contributed by atoms with Crippen LogP contribution in [0.25, 0.3) is 0 Å². The molecular formula is C25H27FN2O4S2. The maximum atomic E-state index is 13.4. The number of sulfonamides is 1. The molecule has 1 aliphatic carbocycles. The Hall–Kier alpha value is -2.62. The summed E-state index contributed by atoms with van der Waals surface area (Å²) in [5.41, 5.74) is 1.40. The summed E-state index contributed by atoms with van der Waals surface area (Å²) >= 11 is 0. The lowest BCUT2D eigenvalue weighted by Gasteiger charge is -2.25. The number of aromatic nitrogens is 1. The third kappa shape index (κ3) is 5.54. The minimum atomic E-state index is -4.02. The van der Waals surface area contributed by atoms with E-state index in [0.29, 0.717) is 12.0 Å². The molecule has 180 valence electrons. The third-order valence-electron chi connectivity index (χ3n) is 6.15. The smallest absolute Gasteiger partial charge is 0.240 e. The number of halogens is 1. The fourth-order valence-electron chi connectivity index (χ4n) is 4.35. The normalized spacial score (nSPS) is 15.3. The highest BCUT2D eigenvalue weighted by atomic mass is 32.2. The summed E-state index contributed by atoms with van der Waals surface area (Å²) in [6, 6.07) is 14.3. The van der Waals surface area contributed by atoms with Crippen molar-refractivity contribution < 1.29 is 21.2 Å². The van der Waals surface area contributed by atoms with Crippen LogP contribution >= 0.6 is 0 Å². The molecule has 0 radical (unpaired) electrons. The predicted octanol–water partition coefficient (Wildman–Crippen LogP) is 4.62. The Bertz CT molecular complexity index is 1340. The summed E-state index contributed by atoms with van der Waals surface area (Å²) < 4.78 is 69.0. The number of hydrogen-bond acceptors (Lipinski definition) is 5. The molecule has 1 N–H and O–H groups in total. The van der Waals surface area contributed by atoms with Crippen LogP contribution in [-0.4, -0.2) is 28.4 Å². The minimum Gasteiger partial charge on any atom is -0.261 e. The third-order valence-corrected chi connectivity index (χ3v) is 9.44. The summed E-state index contributed by atoms with van der Waals surface area (Å²) in [4.78, 5) is 3.97. The molecular weight excluding hydrogens is 475 g/mol. The van der Waals surface area contributed by atoms with Crippen molar-refractivity contribution in [2.45, 2.75) is 59.1 Å². The van der Waals surface area contributed by atoms with Gasteiger partial charge in [0.15, 0.2) is 0 Å². The lowest BCUT2D eigenvalue weighted by atomic mass is 9.84. The van der Waals surface area contributed by atoms with E-state index in [2.05, 4.69) is 9.71 Å². The zero-order chi connectivity index (χ0) is 24.2. The van der Waals surface area contributed by atoms with Gasteiger partial charge in [-0.05, 0) is 72.9 Å². The van der Waals surface area contributed by atoms with E-state index in [1.807, 2.05) is 12.1 Å². The first-order valence-corrected chi connectivity index (χ1v) is 14.3.